The molecular formula is C91H124FN17O19S. The van der Waals surface area contributed by atoms with Gasteiger partial charge in [-0.25, -0.2) is 4.39 Å². The number of likely N-dealkylation sites (N-methyl/N-ethyl adjacent to an activating group) is 3. The number of carboxylic acids is 1. The van der Waals surface area contributed by atoms with Crippen molar-refractivity contribution in [2.45, 2.75) is 236 Å². The Kier molecular flexibility index (Phi) is 38.4. The number of aromatic amines is 1. The Morgan fingerprint density at radius 3 is 1.67 bits per heavy atom. The molecule has 13 atom stereocenters. The quantitative estimate of drug-likeness (QED) is 0.0420. The van der Waals surface area contributed by atoms with Crippen molar-refractivity contribution in [1.82, 2.24) is 77.3 Å². The van der Waals surface area contributed by atoms with Crippen molar-refractivity contribution in [2.75, 3.05) is 52.3 Å². The van der Waals surface area contributed by atoms with Crippen molar-refractivity contribution in [3.8, 4) is 5.75 Å². The molecule has 0 radical (unpaired) electrons. The lowest BCUT2D eigenvalue weighted by Gasteiger charge is -2.38. The number of fused-ring (bicyclic) bond motifs is 3. The molecule has 5 aromatic rings. The Labute approximate surface area is 753 Å². The van der Waals surface area contributed by atoms with Gasteiger partial charge in [-0.2, -0.15) is 0 Å². The molecule has 3 fully saturated rings. The van der Waals surface area contributed by atoms with Gasteiger partial charge in [0.1, 0.15) is 90.1 Å². The molecular weight excluding hydrogens is 1690 g/mol. The van der Waals surface area contributed by atoms with E-state index in [0.29, 0.717) is 58.8 Å². The van der Waals surface area contributed by atoms with Gasteiger partial charge in [-0.3, -0.25) is 81.5 Å². The second-order valence-corrected chi connectivity index (χ2v) is 35.5. The van der Waals surface area contributed by atoms with Crippen molar-refractivity contribution >= 4 is 123 Å². The summed E-state index contributed by atoms with van der Waals surface area (Å²) in [6.45, 7) is 11.1. The lowest BCUT2D eigenvalue weighted by Crippen LogP contribution is -2.63. The highest BCUT2D eigenvalue weighted by molar-refractivity contribution is 8.00. The van der Waals surface area contributed by atoms with Crippen LogP contribution in [0.3, 0.4) is 0 Å². The van der Waals surface area contributed by atoms with Crippen LogP contribution in [0.2, 0.25) is 0 Å². The third kappa shape index (κ3) is 29.5. The van der Waals surface area contributed by atoms with Crippen molar-refractivity contribution in [2.24, 2.45) is 29.2 Å². The van der Waals surface area contributed by atoms with E-state index < -0.39 is 228 Å². The number of carbonyl (C=O) groups excluding carboxylic acids is 16. The van der Waals surface area contributed by atoms with E-state index in [1.54, 1.807) is 102 Å². The van der Waals surface area contributed by atoms with Crippen LogP contribution in [0, 0.1) is 23.6 Å². The first-order chi connectivity index (χ1) is 61.2. The Hall–Kier alpha value is -12.5. The van der Waals surface area contributed by atoms with Crippen LogP contribution in [0.25, 0.3) is 10.9 Å². The predicted molar refractivity (Wildman–Crippen MR) is 477 cm³/mol. The van der Waals surface area contributed by atoms with E-state index >= 15 is 47.9 Å². The lowest BCUT2D eigenvalue weighted by molar-refractivity contribution is -0.152. The van der Waals surface area contributed by atoms with Crippen LogP contribution in [-0.4, -0.2) is 271 Å². The summed E-state index contributed by atoms with van der Waals surface area (Å²) in [6, 6.07) is 6.56. The molecule has 16 N–H and O–H groups in total. The monoisotopic (exact) mass is 1810 g/mol. The number of aromatic hydroxyl groups is 1. The molecule has 0 spiro atoms. The lowest BCUT2D eigenvalue weighted by atomic mass is 9.96. The average Bonchev–Trinajstić information content (AvgIpc) is 1.76. The number of rotatable bonds is 24. The molecule has 38 heteroatoms. The van der Waals surface area contributed by atoms with E-state index in [1.165, 1.54) is 72.2 Å². The number of piperidine rings is 1. The van der Waals surface area contributed by atoms with Crippen LogP contribution >= 0.6 is 11.8 Å². The molecule has 4 aromatic carbocycles. The number of aliphatic carboxylic acids is 1. The standard InChI is InChI=1S/C91H124FN17O19S/c1-11-12-25-71-90(127)109-39-20-27-70(109)85(122)102-66(46-77(114)115)83(120)104-78(53(6)7)91(128)106(9)72(41-52(4)5)86(123)98-62(36-37-74(93)111)88(125)108-38-19-18-26-69(108)84(121)101-65(45-57-47-95-61-24-17-16-23-60(57)61)82(119)100-64(42-56-30-34-59(110)35-31-56)81(118)99-63(40-51(2)3)80(117)103-68(79(116)96-48-75(94)112)49-129-50-76(113)97-67(43-55-28-32-58(92)33-29-55)87(124)107(10)73(89(126)105(71)8)44-54-21-14-13-15-22-54/h13-17,21-24,28-35,47,51-53,62-73,78,95,110H,11-12,18-20,25-27,36-46,48-50H2,1-10H3,(H2,93,111)(H2,94,112)(H,96,116)(H,97,113)(H,98,123)(H,99,118)(H,100,119)(H,101,121)(H,102,122)(H,103,117)(H,104,120)(H,114,115)/t62-,63-,64-,65+,66-,67-,68-,69+,70+,71-,72-,73-,78-/m0/s1. The van der Waals surface area contributed by atoms with Gasteiger partial charge in [-0.05, 0) is 128 Å². The second kappa shape index (κ2) is 48.6. The number of phenols is 1. The Bertz CT molecular complexity index is 4810. The molecule has 3 aliphatic heterocycles. The molecule has 4 heterocycles. The van der Waals surface area contributed by atoms with Gasteiger partial charge in [0, 0.05) is 89.2 Å². The fraction of sp³-hybridized carbons (Fsp3) is 0.527. The van der Waals surface area contributed by atoms with Crippen LogP contribution in [0.15, 0.2) is 109 Å². The highest BCUT2D eigenvalue weighted by atomic mass is 32.2. The van der Waals surface area contributed by atoms with Crippen LogP contribution in [0.1, 0.15) is 154 Å². The summed E-state index contributed by atoms with van der Waals surface area (Å²) in [4.78, 5) is 259. The minimum atomic E-state index is -1.90. The predicted octanol–water partition coefficient (Wildman–Crippen LogP) is 2.04. The molecule has 129 heavy (non-hydrogen) atoms. The van der Waals surface area contributed by atoms with E-state index in [9.17, 15) is 48.2 Å². The largest absolute Gasteiger partial charge is 0.508 e. The molecule has 0 saturated carbocycles. The van der Waals surface area contributed by atoms with E-state index in [4.69, 9.17) is 11.5 Å². The zero-order valence-electron chi connectivity index (χ0n) is 74.7. The SMILES string of the molecule is CCCC[C@H]1C(=O)N2CCC[C@@H]2C(=O)N[C@@H](CC(=O)O)C(=O)N[C@@H](C(C)C)C(=O)N(C)[C@@H](CC(C)C)C(=O)N[C@@H](CCC(N)=O)C(=O)N2CCCC[C@@H]2C(=O)N[C@H](Cc2c[nH]c3ccccc23)C(=O)N[C@@H](Cc2ccc(O)cc2)C(=O)N[C@@H](CC(C)C)C(=O)N[C@H](C(=O)NCC(N)=O)CSCC(=O)N[C@@H](Cc2ccc(F)cc2)C(=O)N(C)[C@@H](Cc2ccccc2)C(=O)N1C. The van der Waals surface area contributed by atoms with Crippen LogP contribution < -0.4 is 59.3 Å². The molecule has 700 valence electrons. The summed E-state index contributed by atoms with van der Waals surface area (Å²) < 4.78 is 14.6. The van der Waals surface area contributed by atoms with E-state index in [1.807, 2.05) is 6.92 Å². The highest BCUT2D eigenvalue weighted by Crippen LogP contribution is 2.28. The maximum absolute atomic E-state index is 15.7. The van der Waals surface area contributed by atoms with Gasteiger partial charge in [0.25, 0.3) is 0 Å². The molecule has 36 nitrogen and oxygen atoms in total. The maximum Gasteiger partial charge on any atom is 0.305 e. The van der Waals surface area contributed by atoms with E-state index in [-0.39, 0.29) is 94.9 Å². The number of hydrogen-bond acceptors (Lipinski definition) is 19. The number of hydrogen-bond donors (Lipinski definition) is 14. The van der Waals surface area contributed by atoms with Gasteiger partial charge in [0.15, 0.2) is 0 Å². The highest BCUT2D eigenvalue weighted by Gasteiger charge is 2.46. The van der Waals surface area contributed by atoms with Gasteiger partial charge in [-0.1, -0.05) is 134 Å². The number of carbonyl (C=O) groups is 17. The van der Waals surface area contributed by atoms with Gasteiger partial charge in [0.2, 0.25) is 94.5 Å². The smallest absolute Gasteiger partial charge is 0.305 e. The summed E-state index contributed by atoms with van der Waals surface area (Å²) in [6.07, 6.45) is 0.357. The van der Waals surface area contributed by atoms with Crippen LogP contribution in [0.4, 0.5) is 4.39 Å². The van der Waals surface area contributed by atoms with E-state index in [2.05, 4.69) is 52.8 Å². The van der Waals surface area contributed by atoms with Gasteiger partial charge in [-0.15, -0.1) is 11.8 Å². The molecule has 3 aliphatic rings. The average molecular weight is 1810 g/mol. The zero-order valence-corrected chi connectivity index (χ0v) is 75.5. The fourth-order valence-corrected chi connectivity index (χ4v) is 17.0. The van der Waals surface area contributed by atoms with Crippen LogP contribution in [0.5, 0.6) is 5.75 Å². The summed E-state index contributed by atoms with van der Waals surface area (Å²) in [5.41, 5.74) is 13.6. The molecule has 8 rings (SSSR count). The number of aromatic nitrogens is 1. The third-order valence-corrected chi connectivity index (χ3v) is 24.3. The fourth-order valence-electron chi connectivity index (χ4n) is 16.2. The molecule has 0 aliphatic carbocycles. The number of amides is 16. The topological polar surface area (TPSA) is 523 Å². The third-order valence-electron chi connectivity index (χ3n) is 23.2. The summed E-state index contributed by atoms with van der Waals surface area (Å²) in [7, 11) is 3.98. The molecule has 16 amide bonds. The molecule has 3 saturated heterocycles. The molecule has 0 bridgehead atoms. The minimum Gasteiger partial charge on any atom is -0.508 e. The Morgan fingerprint density at radius 2 is 1.05 bits per heavy atom. The van der Waals surface area contributed by atoms with Gasteiger partial charge in [0.05, 0.1) is 18.7 Å². The first kappa shape index (κ1) is 102. The first-order valence-electron chi connectivity index (χ1n) is 43.8. The zero-order chi connectivity index (χ0) is 94.6. The number of carboxylic acid groups (broad SMARTS) is 1. The number of halogens is 1. The van der Waals surface area contributed by atoms with Crippen molar-refractivity contribution in [3.63, 3.8) is 0 Å². The van der Waals surface area contributed by atoms with Gasteiger partial charge < -0.3 is 99.0 Å². The molecule has 0 unspecified atom stereocenters. The van der Waals surface area contributed by atoms with Gasteiger partial charge >= 0.3 is 5.97 Å². The second-order valence-electron chi connectivity index (χ2n) is 34.5. The minimum absolute atomic E-state index is 0.00523. The Morgan fingerprint density at radius 1 is 0.512 bits per heavy atom. The first-order valence-corrected chi connectivity index (χ1v) is 45.0. The number of primary amides is 2. The number of nitrogens with two attached hydrogens (primary N) is 2. The number of phenolic OH excluding ortho intramolecular Hbond substituents is 1. The number of benzene rings is 4. The number of thioether (sulfide) groups is 1. The van der Waals surface area contributed by atoms with Crippen molar-refractivity contribution in [3.05, 3.63) is 137 Å². The number of nitrogens with zero attached hydrogens (tertiary/aromatic N) is 5. The maximum atomic E-state index is 15.7. The normalized spacial score (nSPS) is 24.1. The van der Waals surface area contributed by atoms with Crippen LogP contribution in [-0.2, 0) is 107 Å². The van der Waals surface area contributed by atoms with Crippen molar-refractivity contribution in [1.29, 1.82) is 0 Å². The number of nitrogens with one attached hydrogen (secondary N) is 10. The number of para-hydroxylation sites is 1. The van der Waals surface area contributed by atoms with E-state index in [0.717, 1.165) is 33.7 Å². The Balaban J connectivity index is 1.22. The summed E-state index contributed by atoms with van der Waals surface area (Å²) >= 11 is 0.789. The summed E-state index contributed by atoms with van der Waals surface area (Å²) in [5.74, 6) is -19.2. The number of unbranched alkanes of at least 4 members (excludes halogenated alkanes) is 1. The van der Waals surface area contributed by atoms with Crippen molar-refractivity contribution < 1.29 is 96.1 Å². The molecule has 1 aromatic heterocycles. The summed E-state index contributed by atoms with van der Waals surface area (Å²) in [5, 5.41) is 45.4. The number of H-pyrrole nitrogens is 1.